The second kappa shape index (κ2) is 5.16. The van der Waals surface area contributed by atoms with E-state index in [0.29, 0.717) is 5.02 Å². The van der Waals surface area contributed by atoms with Gasteiger partial charge in [0.05, 0.1) is 0 Å². The molecule has 0 saturated heterocycles. The molecule has 2 aromatic rings. The molecular weight excluding hydrogens is 295 g/mol. The van der Waals surface area contributed by atoms with Gasteiger partial charge in [-0.3, -0.25) is 9.48 Å². The van der Waals surface area contributed by atoms with Gasteiger partial charge in [-0.1, -0.05) is 11.6 Å². The molecule has 106 valence electrons. The van der Waals surface area contributed by atoms with E-state index in [9.17, 15) is 18.0 Å². The molecule has 2 rings (SSSR count). The predicted molar refractivity (Wildman–Crippen MR) is 67.6 cm³/mol. The molecule has 4 nitrogen and oxygen atoms in total. The van der Waals surface area contributed by atoms with Crippen molar-refractivity contribution in [2.24, 2.45) is 7.05 Å². The summed E-state index contributed by atoms with van der Waals surface area (Å²) in [7, 11) is 1.31. The van der Waals surface area contributed by atoms with Crippen LogP contribution in [0.5, 0.6) is 0 Å². The third-order valence-electron chi connectivity index (χ3n) is 2.52. The van der Waals surface area contributed by atoms with Gasteiger partial charge in [-0.15, -0.1) is 0 Å². The summed E-state index contributed by atoms with van der Waals surface area (Å²) < 4.78 is 38.4. The molecule has 0 saturated carbocycles. The second-order valence-electron chi connectivity index (χ2n) is 4.00. The number of alkyl halides is 3. The van der Waals surface area contributed by atoms with E-state index < -0.39 is 17.8 Å². The van der Waals surface area contributed by atoms with Gasteiger partial charge >= 0.3 is 6.18 Å². The summed E-state index contributed by atoms with van der Waals surface area (Å²) in [4.78, 5) is 11.9. The number of aryl methyl sites for hydroxylation is 1. The highest BCUT2D eigenvalue weighted by Gasteiger charge is 2.34. The van der Waals surface area contributed by atoms with Crippen molar-refractivity contribution < 1.29 is 18.0 Å². The van der Waals surface area contributed by atoms with Crippen LogP contribution in [0.15, 0.2) is 30.3 Å². The quantitative estimate of drug-likeness (QED) is 0.925. The van der Waals surface area contributed by atoms with Crippen molar-refractivity contribution in [1.82, 2.24) is 9.78 Å². The first-order chi connectivity index (χ1) is 9.27. The number of nitrogens with one attached hydrogen (secondary N) is 1. The van der Waals surface area contributed by atoms with E-state index >= 15 is 0 Å². The summed E-state index contributed by atoms with van der Waals surface area (Å²) in [6, 6.07) is 6.74. The molecule has 0 aliphatic carbocycles. The van der Waals surface area contributed by atoms with Crippen LogP contribution in [0.4, 0.5) is 19.0 Å². The number of halogens is 4. The Hall–Kier alpha value is -2.02. The SMILES string of the molecule is Cn1nc(C(F)(F)F)cc1NC(=O)c1ccc(Cl)cc1. The molecular formula is C12H9ClF3N3O. The minimum atomic E-state index is -4.55. The van der Waals surface area contributed by atoms with Gasteiger partial charge in [0.2, 0.25) is 0 Å². The minimum absolute atomic E-state index is 0.0442. The van der Waals surface area contributed by atoms with Gasteiger partial charge in [-0.25, -0.2) is 0 Å². The van der Waals surface area contributed by atoms with Crippen LogP contribution < -0.4 is 5.32 Å². The maximum absolute atomic E-state index is 12.5. The maximum Gasteiger partial charge on any atom is 0.435 e. The van der Waals surface area contributed by atoms with E-state index in [4.69, 9.17) is 11.6 Å². The van der Waals surface area contributed by atoms with Gasteiger partial charge in [0.15, 0.2) is 5.69 Å². The second-order valence-corrected chi connectivity index (χ2v) is 4.43. The van der Waals surface area contributed by atoms with E-state index in [-0.39, 0.29) is 11.4 Å². The number of carbonyl (C=O) groups excluding carboxylic acids is 1. The van der Waals surface area contributed by atoms with Crippen LogP contribution in [0, 0.1) is 0 Å². The van der Waals surface area contributed by atoms with Crippen LogP contribution in [-0.2, 0) is 13.2 Å². The third-order valence-corrected chi connectivity index (χ3v) is 2.77. The highest BCUT2D eigenvalue weighted by atomic mass is 35.5. The molecule has 1 N–H and O–H groups in total. The van der Waals surface area contributed by atoms with Crippen LogP contribution in [0.25, 0.3) is 0 Å². The molecule has 0 spiro atoms. The summed E-state index contributed by atoms with van der Waals surface area (Å²) in [5.74, 6) is -0.587. The fourth-order valence-corrected chi connectivity index (χ4v) is 1.64. The number of benzene rings is 1. The standard InChI is InChI=1S/C12H9ClF3N3O/c1-19-10(6-9(18-19)12(14,15)16)17-11(20)7-2-4-8(13)5-3-7/h2-6H,1H3,(H,17,20). The molecule has 0 fully saturated rings. The Morgan fingerprint density at radius 3 is 2.40 bits per heavy atom. The van der Waals surface area contributed by atoms with E-state index in [1.165, 1.54) is 31.3 Å². The number of rotatable bonds is 2. The van der Waals surface area contributed by atoms with Crippen LogP contribution in [-0.4, -0.2) is 15.7 Å². The maximum atomic E-state index is 12.5. The number of aromatic nitrogens is 2. The van der Waals surface area contributed by atoms with E-state index in [1.54, 1.807) is 0 Å². The van der Waals surface area contributed by atoms with Crippen molar-refractivity contribution >= 4 is 23.3 Å². The van der Waals surface area contributed by atoms with Gasteiger partial charge in [0, 0.05) is 23.7 Å². The fourth-order valence-electron chi connectivity index (χ4n) is 1.51. The van der Waals surface area contributed by atoms with Crippen molar-refractivity contribution in [1.29, 1.82) is 0 Å². The average Bonchev–Trinajstić information content (AvgIpc) is 2.71. The van der Waals surface area contributed by atoms with Crippen LogP contribution in [0.2, 0.25) is 5.02 Å². The molecule has 1 aromatic heterocycles. The Bertz CT molecular complexity index is 634. The number of anilines is 1. The van der Waals surface area contributed by atoms with E-state index in [1.807, 2.05) is 0 Å². The van der Waals surface area contributed by atoms with Crippen molar-refractivity contribution in [3.05, 3.63) is 46.6 Å². The van der Waals surface area contributed by atoms with Crippen molar-refractivity contribution in [3.63, 3.8) is 0 Å². The van der Waals surface area contributed by atoms with Crippen LogP contribution in [0.3, 0.4) is 0 Å². The molecule has 0 bridgehead atoms. The molecule has 1 amide bonds. The highest BCUT2D eigenvalue weighted by molar-refractivity contribution is 6.30. The summed E-state index contributed by atoms with van der Waals surface area (Å²) in [5.41, 5.74) is -0.782. The first-order valence-corrected chi connectivity index (χ1v) is 5.83. The monoisotopic (exact) mass is 303 g/mol. The number of nitrogens with zero attached hydrogens (tertiary/aromatic N) is 2. The zero-order valence-electron chi connectivity index (χ0n) is 10.2. The molecule has 0 radical (unpaired) electrons. The first kappa shape index (κ1) is 14.4. The Labute approximate surface area is 117 Å². The first-order valence-electron chi connectivity index (χ1n) is 5.45. The lowest BCUT2D eigenvalue weighted by Gasteiger charge is -2.04. The predicted octanol–water partition coefficient (Wildman–Crippen LogP) is 3.34. The van der Waals surface area contributed by atoms with Gasteiger partial charge in [0.25, 0.3) is 5.91 Å². The van der Waals surface area contributed by atoms with Gasteiger partial charge in [-0.05, 0) is 24.3 Å². The number of carbonyl (C=O) groups is 1. The topological polar surface area (TPSA) is 46.9 Å². The zero-order valence-corrected chi connectivity index (χ0v) is 11.0. The van der Waals surface area contributed by atoms with E-state index in [2.05, 4.69) is 10.4 Å². The van der Waals surface area contributed by atoms with Gasteiger partial charge in [-0.2, -0.15) is 18.3 Å². The number of hydrogen-bond acceptors (Lipinski definition) is 2. The summed E-state index contributed by atoms with van der Waals surface area (Å²) in [6.45, 7) is 0. The van der Waals surface area contributed by atoms with Crippen LogP contribution in [0.1, 0.15) is 16.1 Å². The molecule has 20 heavy (non-hydrogen) atoms. The van der Waals surface area contributed by atoms with Crippen molar-refractivity contribution in [3.8, 4) is 0 Å². The fraction of sp³-hybridized carbons (Fsp3) is 0.167. The summed E-state index contributed by atoms with van der Waals surface area (Å²) >= 11 is 5.68. The average molecular weight is 304 g/mol. The molecule has 1 aromatic carbocycles. The molecule has 0 aliphatic rings. The molecule has 0 unspecified atom stereocenters. The van der Waals surface area contributed by atoms with E-state index in [0.717, 1.165) is 10.7 Å². The number of hydrogen-bond donors (Lipinski definition) is 1. The Balaban J connectivity index is 2.20. The van der Waals surface area contributed by atoms with Crippen LogP contribution >= 0.6 is 11.6 Å². The highest BCUT2D eigenvalue weighted by Crippen LogP contribution is 2.29. The lowest BCUT2D eigenvalue weighted by atomic mass is 10.2. The Morgan fingerprint density at radius 2 is 1.90 bits per heavy atom. The van der Waals surface area contributed by atoms with Gasteiger partial charge in [0.1, 0.15) is 5.82 Å². The smallest absolute Gasteiger partial charge is 0.307 e. The number of amides is 1. The Morgan fingerprint density at radius 1 is 1.30 bits per heavy atom. The summed E-state index contributed by atoms with van der Waals surface area (Å²) in [5, 5.41) is 6.12. The lowest BCUT2D eigenvalue weighted by molar-refractivity contribution is -0.141. The molecule has 8 heteroatoms. The Kier molecular flexibility index (Phi) is 3.71. The minimum Gasteiger partial charge on any atom is -0.307 e. The largest absolute Gasteiger partial charge is 0.435 e. The zero-order chi connectivity index (χ0) is 14.9. The third kappa shape index (κ3) is 3.11. The normalized spacial score (nSPS) is 11.4. The van der Waals surface area contributed by atoms with Gasteiger partial charge < -0.3 is 5.32 Å². The lowest BCUT2D eigenvalue weighted by Crippen LogP contribution is -2.14. The van der Waals surface area contributed by atoms with Crippen molar-refractivity contribution in [2.45, 2.75) is 6.18 Å². The molecule has 0 atom stereocenters. The summed E-state index contributed by atoms with van der Waals surface area (Å²) in [6.07, 6.45) is -4.55. The van der Waals surface area contributed by atoms with Crippen molar-refractivity contribution in [2.75, 3.05) is 5.32 Å². The molecule has 0 aliphatic heterocycles. The molecule has 1 heterocycles.